The number of hydrogen-bond acceptors (Lipinski definition) is 4. The van der Waals surface area contributed by atoms with Gasteiger partial charge in [-0.05, 0) is 43.5 Å². The minimum atomic E-state index is 0.151. The van der Waals surface area contributed by atoms with Gasteiger partial charge in [-0.25, -0.2) is 0 Å². The third-order valence-corrected chi connectivity index (χ3v) is 5.98. The number of ether oxygens (including phenoxy) is 2. The number of nitrogens with zero attached hydrogens (tertiary/aromatic N) is 2. The van der Waals surface area contributed by atoms with Crippen molar-refractivity contribution in [3.63, 3.8) is 0 Å². The predicted molar refractivity (Wildman–Crippen MR) is 101 cm³/mol. The van der Waals surface area contributed by atoms with Crippen LogP contribution < -0.4 is 4.74 Å². The van der Waals surface area contributed by atoms with E-state index in [1.807, 2.05) is 29.2 Å². The molecule has 1 amide bonds. The van der Waals surface area contributed by atoms with Gasteiger partial charge in [0.05, 0.1) is 13.2 Å². The van der Waals surface area contributed by atoms with Gasteiger partial charge in [0, 0.05) is 50.6 Å². The van der Waals surface area contributed by atoms with Gasteiger partial charge in [-0.2, -0.15) is 0 Å². The van der Waals surface area contributed by atoms with E-state index < -0.39 is 0 Å². The van der Waals surface area contributed by atoms with Crippen LogP contribution in [0.25, 0.3) is 0 Å². The van der Waals surface area contributed by atoms with Gasteiger partial charge in [-0.1, -0.05) is 6.42 Å². The van der Waals surface area contributed by atoms with Gasteiger partial charge in [-0.3, -0.25) is 9.69 Å². The molecule has 142 valence electrons. The van der Waals surface area contributed by atoms with Crippen molar-refractivity contribution in [3.05, 3.63) is 29.8 Å². The van der Waals surface area contributed by atoms with Crippen molar-refractivity contribution in [1.29, 1.82) is 0 Å². The molecule has 5 nitrogen and oxygen atoms in total. The summed E-state index contributed by atoms with van der Waals surface area (Å²) >= 11 is 0. The summed E-state index contributed by atoms with van der Waals surface area (Å²) in [4.78, 5) is 17.5. The number of benzene rings is 1. The van der Waals surface area contributed by atoms with E-state index in [2.05, 4.69) is 4.90 Å². The van der Waals surface area contributed by atoms with Crippen LogP contribution in [0.1, 0.15) is 48.9 Å². The fourth-order valence-electron chi connectivity index (χ4n) is 4.10. The molecule has 0 N–H and O–H groups in total. The van der Waals surface area contributed by atoms with E-state index in [1.54, 1.807) is 0 Å². The number of carbonyl (C=O) groups excluding carboxylic acids is 1. The molecular weight excluding hydrogens is 328 g/mol. The lowest BCUT2D eigenvalue weighted by Gasteiger charge is -2.36. The topological polar surface area (TPSA) is 42.0 Å². The third kappa shape index (κ3) is 4.21. The first kappa shape index (κ1) is 17.8. The molecule has 0 bridgehead atoms. The van der Waals surface area contributed by atoms with Crippen molar-refractivity contribution in [1.82, 2.24) is 9.80 Å². The second-order valence-electron chi connectivity index (χ2n) is 7.72. The van der Waals surface area contributed by atoms with Crippen LogP contribution in [0, 0.1) is 0 Å². The van der Waals surface area contributed by atoms with Crippen LogP contribution in [0.15, 0.2) is 24.3 Å². The number of carbonyl (C=O) groups is 1. The molecule has 2 aliphatic heterocycles. The lowest BCUT2D eigenvalue weighted by atomic mass is 9.91. The van der Waals surface area contributed by atoms with Crippen molar-refractivity contribution in [3.8, 4) is 5.75 Å². The van der Waals surface area contributed by atoms with Crippen LogP contribution in [-0.4, -0.2) is 67.2 Å². The molecule has 26 heavy (non-hydrogen) atoms. The number of hydrogen-bond donors (Lipinski definition) is 0. The van der Waals surface area contributed by atoms with Crippen molar-refractivity contribution in [2.45, 2.75) is 50.7 Å². The minimum absolute atomic E-state index is 0.151. The van der Waals surface area contributed by atoms with Crippen molar-refractivity contribution >= 4 is 5.91 Å². The monoisotopic (exact) mass is 358 g/mol. The first-order chi connectivity index (χ1) is 12.8. The largest absolute Gasteiger partial charge is 0.490 e. The molecule has 1 aromatic rings. The van der Waals surface area contributed by atoms with Gasteiger partial charge in [0.2, 0.25) is 0 Å². The van der Waals surface area contributed by atoms with Gasteiger partial charge in [0.1, 0.15) is 11.9 Å². The van der Waals surface area contributed by atoms with Gasteiger partial charge >= 0.3 is 0 Å². The van der Waals surface area contributed by atoms with Gasteiger partial charge in [0.15, 0.2) is 0 Å². The molecule has 0 atom stereocenters. The van der Waals surface area contributed by atoms with E-state index in [0.717, 1.165) is 76.0 Å². The summed E-state index contributed by atoms with van der Waals surface area (Å²) in [5.41, 5.74) is 0.765. The maximum absolute atomic E-state index is 12.9. The zero-order valence-corrected chi connectivity index (χ0v) is 15.6. The summed E-state index contributed by atoms with van der Waals surface area (Å²) < 4.78 is 11.4. The van der Waals surface area contributed by atoms with E-state index >= 15 is 0 Å². The molecule has 3 fully saturated rings. The number of amides is 1. The van der Waals surface area contributed by atoms with Crippen LogP contribution in [0.2, 0.25) is 0 Å². The molecule has 0 unspecified atom stereocenters. The van der Waals surface area contributed by atoms with E-state index in [1.165, 1.54) is 19.3 Å². The summed E-state index contributed by atoms with van der Waals surface area (Å²) in [7, 11) is 0. The summed E-state index contributed by atoms with van der Waals surface area (Å²) in [6, 6.07) is 8.45. The van der Waals surface area contributed by atoms with Crippen LogP contribution in [-0.2, 0) is 4.74 Å². The van der Waals surface area contributed by atoms with Gasteiger partial charge in [0.25, 0.3) is 5.91 Å². The van der Waals surface area contributed by atoms with Crippen molar-refractivity contribution in [2.75, 3.05) is 39.4 Å². The quantitative estimate of drug-likeness (QED) is 0.830. The zero-order valence-electron chi connectivity index (χ0n) is 15.6. The third-order valence-electron chi connectivity index (χ3n) is 5.98. The molecule has 4 rings (SSSR count). The zero-order chi connectivity index (χ0) is 17.8. The maximum atomic E-state index is 12.9. The first-order valence-electron chi connectivity index (χ1n) is 10.2. The van der Waals surface area contributed by atoms with Gasteiger partial charge in [-0.15, -0.1) is 0 Å². The summed E-state index contributed by atoms with van der Waals surface area (Å²) in [5, 5.41) is 0. The molecule has 0 radical (unpaired) electrons. The predicted octanol–water partition coefficient (Wildman–Crippen LogP) is 2.94. The summed E-state index contributed by atoms with van der Waals surface area (Å²) in [5.74, 6) is 0.999. The fraction of sp³-hybridized carbons (Fsp3) is 0.667. The Morgan fingerprint density at radius 3 is 2.38 bits per heavy atom. The maximum Gasteiger partial charge on any atom is 0.253 e. The second kappa shape index (κ2) is 8.40. The van der Waals surface area contributed by atoms with E-state index in [9.17, 15) is 4.79 Å². The Labute approximate surface area is 156 Å². The van der Waals surface area contributed by atoms with Crippen LogP contribution >= 0.6 is 0 Å². The Bertz CT molecular complexity index is 594. The highest BCUT2D eigenvalue weighted by molar-refractivity contribution is 5.94. The Kier molecular flexibility index (Phi) is 5.75. The average molecular weight is 358 g/mol. The molecular formula is C21H30N2O3. The highest BCUT2D eigenvalue weighted by Gasteiger charge is 2.28. The smallest absolute Gasteiger partial charge is 0.253 e. The minimum Gasteiger partial charge on any atom is -0.490 e. The van der Waals surface area contributed by atoms with E-state index in [4.69, 9.17) is 9.47 Å². The fourth-order valence-corrected chi connectivity index (χ4v) is 4.10. The van der Waals surface area contributed by atoms with Crippen LogP contribution in [0.4, 0.5) is 0 Å². The molecule has 1 aliphatic carbocycles. The first-order valence-corrected chi connectivity index (χ1v) is 10.2. The standard InChI is InChI=1S/C21H30N2O3/c24-21(23-12-2-11-22(13-14-23)18-3-1-4-18)17-5-7-19(8-6-17)26-20-9-15-25-16-10-20/h5-8,18,20H,1-4,9-16H2. The van der Waals surface area contributed by atoms with Crippen LogP contribution in [0.3, 0.4) is 0 Å². The molecule has 5 heteroatoms. The second-order valence-corrected chi connectivity index (χ2v) is 7.72. The highest BCUT2D eigenvalue weighted by Crippen LogP contribution is 2.26. The molecule has 3 aliphatic rings. The van der Waals surface area contributed by atoms with Crippen molar-refractivity contribution < 1.29 is 14.3 Å². The Morgan fingerprint density at radius 2 is 1.69 bits per heavy atom. The Balaban J connectivity index is 1.32. The molecule has 2 heterocycles. The lowest BCUT2D eigenvalue weighted by Crippen LogP contribution is -2.42. The molecule has 0 aromatic heterocycles. The molecule has 1 aromatic carbocycles. The molecule has 2 saturated heterocycles. The normalized spacial score (nSPS) is 23.3. The Morgan fingerprint density at radius 1 is 0.923 bits per heavy atom. The SMILES string of the molecule is O=C(c1ccc(OC2CCOCC2)cc1)N1CCCN(C2CCC2)CC1. The Hall–Kier alpha value is -1.59. The highest BCUT2D eigenvalue weighted by atomic mass is 16.5. The van der Waals surface area contributed by atoms with E-state index in [-0.39, 0.29) is 12.0 Å². The number of rotatable bonds is 4. The summed E-state index contributed by atoms with van der Waals surface area (Å²) in [6.07, 6.45) is 7.22. The van der Waals surface area contributed by atoms with Crippen molar-refractivity contribution in [2.24, 2.45) is 0 Å². The van der Waals surface area contributed by atoms with Crippen LogP contribution in [0.5, 0.6) is 5.75 Å². The lowest BCUT2D eigenvalue weighted by molar-refractivity contribution is 0.0256. The molecule has 0 spiro atoms. The average Bonchev–Trinajstić information content (AvgIpc) is 2.87. The van der Waals surface area contributed by atoms with E-state index in [0.29, 0.717) is 0 Å². The molecule has 1 saturated carbocycles. The summed E-state index contributed by atoms with van der Waals surface area (Å²) in [6.45, 7) is 5.40. The van der Waals surface area contributed by atoms with Gasteiger partial charge < -0.3 is 14.4 Å².